The van der Waals surface area contributed by atoms with Crippen molar-refractivity contribution in [3.63, 3.8) is 0 Å². The van der Waals surface area contributed by atoms with Gasteiger partial charge in [0, 0.05) is 43.9 Å². The largest absolute Gasteiger partial charge is 0.508 e. The number of nitrogens with one attached hydrogen (secondary N) is 1. The minimum Gasteiger partial charge on any atom is -0.508 e. The summed E-state index contributed by atoms with van der Waals surface area (Å²) in [5, 5.41) is 12.2. The van der Waals surface area contributed by atoms with Crippen molar-refractivity contribution in [3.05, 3.63) is 83.6 Å². The standard InChI is InChI=1S/C26H28N4O3/c1-29-15-17-30(18-16-29)26(33)21-9-7-20(8-10-21)23-3-2-4-24(28-23)25(32)27-14-13-19-5-11-22(31)12-6-19/h2-12,31H,13-18H2,1H3,(H,27,32). The lowest BCUT2D eigenvalue weighted by Gasteiger charge is -2.32. The predicted octanol–water partition coefficient (Wildman–Crippen LogP) is 2.81. The second-order valence-electron chi connectivity index (χ2n) is 8.25. The Morgan fingerprint density at radius 2 is 1.64 bits per heavy atom. The molecule has 0 saturated carbocycles. The van der Waals surface area contributed by atoms with Crippen LogP contribution in [0.5, 0.6) is 5.75 Å². The van der Waals surface area contributed by atoms with Crippen LogP contribution >= 0.6 is 0 Å². The number of likely N-dealkylation sites (N-methyl/N-ethyl adjacent to an activating group) is 1. The number of piperazine rings is 1. The van der Waals surface area contributed by atoms with Crippen LogP contribution in [0.4, 0.5) is 0 Å². The molecule has 0 aliphatic carbocycles. The number of hydrogen-bond acceptors (Lipinski definition) is 5. The Balaban J connectivity index is 1.37. The van der Waals surface area contributed by atoms with Crippen molar-refractivity contribution in [1.82, 2.24) is 20.1 Å². The molecule has 1 saturated heterocycles. The molecular formula is C26H28N4O3. The molecule has 0 spiro atoms. The van der Waals surface area contributed by atoms with Gasteiger partial charge < -0.3 is 20.2 Å². The molecule has 170 valence electrons. The average Bonchev–Trinajstić information content (AvgIpc) is 2.85. The van der Waals surface area contributed by atoms with E-state index in [1.165, 1.54) is 0 Å². The molecule has 2 aromatic carbocycles. The molecule has 1 fully saturated rings. The Hall–Kier alpha value is -3.71. The molecule has 2 amide bonds. The van der Waals surface area contributed by atoms with Crippen LogP contribution in [0.2, 0.25) is 0 Å². The SMILES string of the molecule is CN1CCN(C(=O)c2ccc(-c3cccc(C(=O)NCCc4ccc(O)cc4)n3)cc2)CC1. The van der Waals surface area contributed by atoms with Gasteiger partial charge in [0.15, 0.2) is 0 Å². The number of pyridine rings is 1. The van der Waals surface area contributed by atoms with Crippen LogP contribution in [-0.4, -0.2) is 71.5 Å². The maximum Gasteiger partial charge on any atom is 0.269 e. The zero-order valence-corrected chi connectivity index (χ0v) is 18.7. The Morgan fingerprint density at radius 3 is 2.33 bits per heavy atom. The number of hydrogen-bond donors (Lipinski definition) is 2. The predicted molar refractivity (Wildman–Crippen MR) is 127 cm³/mol. The second kappa shape index (κ2) is 10.3. The van der Waals surface area contributed by atoms with Gasteiger partial charge in [0.05, 0.1) is 5.69 Å². The molecule has 1 aliphatic rings. The van der Waals surface area contributed by atoms with Crippen LogP contribution < -0.4 is 5.32 Å². The summed E-state index contributed by atoms with van der Waals surface area (Å²) in [6, 6.07) is 19.7. The van der Waals surface area contributed by atoms with E-state index in [1.54, 1.807) is 24.3 Å². The fourth-order valence-corrected chi connectivity index (χ4v) is 3.77. The van der Waals surface area contributed by atoms with Gasteiger partial charge in [0.25, 0.3) is 11.8 Å². The van der Waals surface area contributed by atoms with Gasteiger partial charge in [-0.3, -0.25) is 9.59 Å². The highest BCUT2D eigenvalue weighted by molar-refractivity contribution is 5.95. The average molecular weight is 445 g/mol. The number of rotatable bonds is 6. The molecule has 3 aromatic rings. The molecule has 1 aliphatic heterocycles. The third-order valence-corrected chi connectivity index (χ3v) is 5.84. The van der Waals surface area contributed by atoms with Crippen molar-refractivity contribution < 1.29 is 14.7 Å². The fraction of sp³-hybridized carbons (Fsp3) is 0.269. The number of amides is 2. The fourth-order valence-electron chi connectivity index (χ4n) is 3.77. The summed E-state index contributed by atoms with van der Waals surface area (Å²) in [6.07, 6.45) is 0.661. The zero-order chi connectivity index (χ0) is 23.2. The van der Waals surface area contributed by atoms with Crippen molar-refractivity contribution in [3.8, 4) is 17.0 Å². The topological polar surface area (TPSA) is 85.8 Å². The number of phenols is 1. The lowest BCUT2D eigenvalue weighted by Crippen LogP contribution is -2.47. The van der Waals surface area contributed by atoms with Gasteiger partial charge in [-0.1, -0.05) is 30.3 Å². The first-order valence-corrected chi connectivity index (χ1v) is 11.1. The third kappa shape index (κ3) is 5.75. The van der Waals surface area contributed by atoms with E-state index in [2.05, 4.69) is 22.2 Å². The molecule has 2 N–H and O–H groups in total. The molecule has 33 heavy (non-hydrogen) atoms. The summed E-state index contributed by atoms with van der Waals surface area (Å²) < 4.78 is 0. The summed E-state index contributed by atoms with van der Waals surface area (Å²) in [7, 11) is 2.06. The van der Waals surface area contributed by atoms with Crippen LogP contribution in [0, 0.1) is 0 Å². The molecule has 4 rings (SSSR count). The van der Waals surface area contributed by atoms with Crippen LogP contribution in [0.1, 0.15) is 26.4 Å². The first-order valence-electron chi connectivity index (χ1n) is 11.1. The highest BCUT2D eigenvalue weighted by Crippen LogP contribution is 2.19. The Labute approximate surface area is 193 Å². The van der Waals surface area contributed by atoms with Crippen molar-refractivity contribution >= 4 is 11.8 Å². The van der Waals surface area contributed by atoms with Gasteiger partial charge in [0.2, 0.25) is 0 Å². The summed E-state index contributed by atoms with van der Waals surface area (Å²) in [6.45, 7) is 3.72. The summed E-state index contributed by atoms with van der Waals surface area (Å²) in [5.41, 5.74) is 3.56. The number of benzene rings is 2. The monoisotopic (exact) mass is 444 g/mol. The van der Waals surface area contributed by atoms with Gasteiger partial charge in [-0.05, 0) is 55.4 Å². The summed E-state index contributed by atoms with van der Waals surface area (Å²) >= 11 is 0. The lowest BCUT2D eigenvalue weighted by atomic mass is 10.1. The number of aromatic hydroxyl groups is 1. The van der Waals surface area contributed by atoms with E-state index in [9.17, 15) is 14.7 Å². The van der Waals surface area contributed by atoms with Gasteiger partial charge in [-0.2, -0.15) is 0 Å². The van der Waals surface area contributed by atoms with Crippen LogP contribution in [0.3, 0.4) is 0 Å². The van der Waals surface area contributed by atoms with E-state index in [-0.39, 0.29) is 17.6 Å². The number of carbonyl (C=O) groups excluding carboxylic acids is 2. The minimum atomic E-state index is -0.238. The van der Waals surface area contributed by atoms with Crippen LogP contribution in [-0.2, 0) is 6.42 Å². The molecule has 7 nitrogen and oxygen atoms in total. The molecule has 0 atom stereocenters. The maximum atomic E-state index is 12.7. The van der Waals surface area contributed by atoms with Gasteiger partial charge in [-0.15, -0.1) is 0 Å². The molecule has 7 heteroatoms. The highest BCUT2D eigenvalue weighted by Gasteiger charge is 2.20. The zero-order valence-electron chi connectivity index (χ0n) is 18.7. The molecule has 0 bridgehead atoms. The summed E-state index contributed by atoms with van der Waals surface area (Å²) in [5.74, 6) is 0.0300. The van der Waals surface area contributed by atoms with Crippen LogP contribution in [0.25, 0.3) is 11.3 Å². The molecule has 1 aromatic heterocycles. The van der Waals surface area contributed by atoms with Crippen LogP contribution in [0.15, 0.2) is 66.7 Å². The third-order valence-electron chi connectivity index (χ3n) is 5.84. The van der Waals surface area contributed by atoms with E-state index in [0.29, 0.717) is 29.9 Å². The molecule has 0 unspecified atom stereocenters. The number of carbonyl (C=O) groups is 2. The first-order chi connectivity index (χ1) is 16.0. The van der Waals surface area contributed by atoms with Crippen molar-refractivity contribution in [2.24, 2.45) is 0 Å². The maximum absolute atomic E-state index is 12.7. The smallest absolute Gasteiger partial charge is 0.269 e. The Morgan fingerprint density at radius 1 is 0.939 bits per heavy atom. The first kappa shape index (κ1) is 22.5. The molecular weight excluding hydrogens is 416 g/mol. The van der Waals surface area contributed by atoms with Gasteiger partial charge >= 0.3 is 0 Å². The molecule has 2 heterocycles. The van der Waals surface area contributed by atoms with E-state index >= 15 is 0 Å². The Bertz CT molecular complexity index is 1110. The Kier molecular flexibility index (Phi) is 7.00. The minimum absolute atomic E-state index is 0.0457. The van der Waals surface area contributed by atoms with E-state index < -0.39 is 0 Å². The normalized spacial score (nSPS) is 14.2. The molecule has 0 radical (unpaired) electrons. The van der Waals surface area contributed by atoms with E-state index in [1.807, 2.05) is 47.4 Å². The highest BCUT2D eigenvalue weighted by atomic mass is 16.3. The second-order valence-corrected chi connectivity index (χ2v) is 8.25. The van der Waals surface area contributed by atoms with Crippen molar-refractivity contribution in [1.29, 1.82) is 0 Å². The van der Waals surface area contributed by atoms with E-state index in [0.717, 1.165) is 37.3 Å². The lowest BCUT2D eigenvalue weighted by molar-refractivity contribution is 0.0664. The quantitative estimate of drug-likeness (QED) is 0.611. The van der Waals surface area contributed by atoms with Crippen molar-refractivity contribution in [2.75, 3.05) is 39.8 Å². The summed E-state index contributed by atoms with van der Waals surface area (Å²) in [4.78, 5) is 33.9. The van der Waals surface area contributed by atoms with Gasteiger partial charge in [0.1, 0.15) is 11.4 Å². The van der Waals surface area contributed by atoms with Crippen molar-refractivity contribution in [2.45, 2.75) is 6.42 Å². The van der Waals surface area contributed by atoms with E-state index in [4.69, 9.17) is 0 Å². The number of phenolic OH excluding ortho intramolecular Hbond substituents is 1. The van der Waals surface area contributed by atoms with Gasteiger partial charge in [-0.25, -0.2) is 4.98 Å². The number of nitrogens with zero attached hydrogens (tertiary/aromatic N) is 3. The number of aromatic nitrogens is 1.